The quantitative estimate of drug-likeness (QED) is 0.668. The largest absolute Gasteiger partial charge is 0.506 e. The number of hydrogen-bond acceptors (Lipinski definition) is 4. The fraction of sp³-hybridized carbons (Fsp3) is 0.455. The Balaban J connectivity index is 3.08. The second-order valence-electron chi connectivity index (χ2n) is 3.41. The van der Waals surface area contributed by atoms with E-state index in [1.807, 2.05) is 0 Å². The maximum atomic E-state index is 12.6. The Morgan fingerprint density at radius 3 is 2.78 bits per heavy atom. The monoisotopic (exact) mass is 323 g/mol. The van der Waals surface area contributed by atoms with Crippen molar-refractivity contribution in [3.63, 3.8) is 0 Å². The minimum Gasteiger partial charge on any atom is -0.506 e. The summed E-state index contributed by atoms with van der Waals surface area (Å²) in [5, 5.41) is 9.67. The Kier molecular flexibility index (Phi) is 5.46. The van der Waals surface area contributed by atoms with Gasteiger partial charge in [-0.1, -0.05) is 15.9 Å². The van der Waals surface area contributed by atoms with Crippen molar-refractivity contribution in [3.8, 4) is 5.75 Å². The van der Waals surface area contributed by atoms with Gasteiger partial charge in [-0.25, -0.2) is 13.8 Å². The molecule has 1 aromatic heterocycles. The second kappa shape index (κ2) is 6.63. The molecule has 0 aliphatic rings. The number of hydrogen-bond donors (Lipinski definition) is 1. The molecule has 0 atom stereocenters. The lowest BCUT2D eigenvalue weighted by Crippen LogP contribution is -2.11. The highest BCUT2D eigenvalue weighted by atomic mass is 79.9. The first-order valence-electron chi connectivity index (χ1n) is 5.21. The van der Waals surface area contributed by atoms with Crippen LogP contribution in [0.4, 0.5) is 8.78 Å². The molecule has 1 aromatic rings. The number of aromatic hydroxyl groups is 1. The van der Waals surface area contributed by atoms with Gasteiger partial charge in [-0.3, -0.25) is 4.79 Å². The Labute approximate surface area is 111 Å². The molecule has 0 bridgehead atoms. The average molecular weight is 324 g/mol. The van der Waals surface area contributed by atoms with Gasteiger partial charge in [0.25, 0.3) is 6.43 Å². The van der Waals surface area contributed by atoms with Crippen LogP contribution in [0.25, 0.3) is 0 Å². The molecule has 0 saturated heterocycles. The molecule has 1 heterocycles. The topological polar surface area (TPSA) is 59.4 Å². The number of aromatic nitrogens is 1. The van der Waals surface area contributed by atoms with Gasteiger partial charge in [0.05, 0.1) is 18.7 Å². The molecule has 18 heavy (non-hydrogen) atoms. The summed E-state index contributed by atoms with van der Waals surface area (Å²) in [6, 6.07) is 1.18. The van der Waals surface area contributed by atoms with Crippen LogP contribution in [0.5, 0.6) is 5.75 Å². The lowest BCUT2D eigenvalue weighted by Gasteiger charge is -2.10. The number of carbonyl (C=O) groups excluding carboxylic acids is 1. The molecule has 0 radical (unpaired) electrons. The first kappa shape index (κ1) is 14.8. The van der Waals surface area contributed by atoms with Crippen LogP contribution in [0.15, 0.2) is 6.07 Å². The number of nitrogens with zero attached hydrogens (tertiary/aromatic N) is 1. The first-order valence-corrected chi connectivity index (χ1v) is 6.33. The predicted octanol–water partition coefficient (Wildman–Crippen LogP) is 2.73. The van der Waals surface area contributed by atoms with Crippen molar-refractivity contribution in [2.45, 2.75) is 25.1 Å². The first-order chi connectivity index (χ1) is 8.49. The van der Waals surface area contributed by atoms with Crippen LogP contribution >= 0.6 is 15.9 Å². The third-order valence-electron chi connectivity index (χ3n) is 2.17. The summed E-state index contributed by atoms with van der Waals surface area (Å²) in [5.41, 5.74) is -0.0672. The van der Waals surface area contributed by atoms with Gasteiger partial charge in [0.2, 0.25) is 0 Å². The Bertz CT molecular complexity index is 441. The third-order valence-corrected chi connectivity index (χ3v) is 2.77. The van der Waals surface area contributed by atoms with E-state index in [1.54, 1.807) is 6.92 Å². The fourth-order valence-electron chi connectivity index (χ4n) is 1.37. The molecule has 0 saturated carbocycles. The zero-order valence-electron chi connectivity index (χ0n) is 9.62. The third kappa shape index (κ3) is 3.63. The molecule has 0 unspecified atom stereocenters. The molecule has 0 aliphatic carbocycles. The molecule has 100 valence electrons. The van der Waals surface area contributed by atoms with Crippen molar-refractivity contribution < 1.29 is 23.4 Å². The van der Waals surface area contributed by atoms with Gasteiger partial charge in [0.1, 0.15) is 11.4 Å². The van der Waals surface area contributed by atoms with E-state index in [4.69, 9.17) is 4.74 Å². The maximum absolute atomic E-state index is 12.6. The minimum atomic E-state index is -2.89. The van der Waals surface area contributed by atoms with Crippen LogP contribution in [0.2, 0.25) is 0 Å². The van der Waals surface area contributed by atoms with Crippen LogP contribution in [0.1, 0.15) is 30.3 Å². The molecule has 0 aromatic carbocycles. The van der Waals surface area contributed by atoms with E-state index >= 15 is 0 Å². The summed E-state index contributed by atoms with van der Waals surface area (Å²) in [7, 11) is 0. The number of rotatable bonds is 5. The summed E-state index contributed by atoms with van der Waals surface area (Å²) in [5.74, 6) is -1.12. The van der Waals surface area contributed by atoms with Gasteiger partial charge in [0.15, 0.2) is 0 Å². The average Bonchev–Trinajstić information content (AvgIpc) is 2.30. The van der Waals surface area contributed by atoms with E-state index < -0.39 is 23.8 Å². The molecular weight excluding hydrogens is 312 g/mol. The molecular formula is C11H12BrF2NO3. The fourth-order valence-corrected chi connectivity index (χ4v) is 1.86. The number of alkyl halides is 3. The van der Waals surface area contributed by atoms with Crippen LogP contribution in [-0.4, -0.2) is 22.7 Å². The molecule has 7 heteroatoms. The zero-order chi connectivity index (χ0) is 13.7. The van der Waals surface area contributed by atoms with Gasteiger partial charge in [-0.2, -0.15) is 0 Å². The van der Waals surface area contributed by atoms with Gasteiger partial charge < -0.3 is 9.84 Å². The summed E-state index contributed by atoms with van der Waals surface area (Å²) in [4.78, 5) is 15.0. The SMILES string of the molecule is CCOC(=O)Cc1nc(C(F)F)c(O)cc1CBr. The van der Waals surface area contributed by atoms with Crippen LogP contribution < -0.4 is 0 Å². The van der Waals surface area contributed by atoms with Gasteiger partial charge in [-0.05, 0) is 18.6 Å². The van der Waals surface area contributed by atoms with Crippen molar-refractivity contribution in [1.29, 1.82) is 0 Å². The smallest absolute Gasteiger partial charge is 0.311 e. The number of pyridine rings is 1. The second-order valence-corrected chi connectivity index (χ2v) is 3.98. The van der Waals surface area contributed by atoms with Gasteiger partial charge >= 0.3 is 5.97 Å². The van der Waals surface area contributed by atoms with E-state index in [0.717, 1.165) is 0 Å². The minimum absolute atomic E-state index is 0.179. The number of carbonyl (C=O) groups is 1. The lowest BCUT2D eigenvalue weighted by atomic mass is 10.1. The van der Waals surface area contributed by atoms with Gasteiger partial charge in [0, 0.05) is 5.33 Å². The zero-order valence-corrected chi connectivity index (χ0v) is 11.2. The highest BCUT2D eigenvalue weighted by Gasteiger charge is 2.19. The lowest BCUT2D eigenvalue weighted by molar-refractivity contribution is -0.142. The van der Waals surface area contributed by atoms with Crippen molar-refractivity contribution in [3.05, 3.63) is 23.0 Å². The van der Waals surface area contributed by atoms with E-state index in [0.29, 0.717) is 10.9 Å². The maximum Gasteiger partial charge on any atom is 0.311 e. The van der Waals surface area contributed by atoms with Crippen molar-refractivity contribution in [1.82, 2.24) is 4.98 Å². The molecule has 0 spiro atoms. The van der Waals surface area contributed by atoms with Crippen LogP contribution in [0.3, 0.4) is 0 Å². The highest BCUT2D eigenvalue weighted by molar-refractivity contribution is 9.08. The van der Waals surface area contributed by atoms with Crippen molar-refractivity contribution >= 4 is 21.9 Å². The Morgan fingerprint density at radius 1 is 1.61 bits per heavy atom. The summed E-state index contributed by atoms with van der Waals surface area (Å²) < 4.78 is 29.9. The van der Waals surface area contributed by atoms with Crippen LogP contribution in [0, 0.1) is 0 Å². The number of ether oxygens (including phenoxy) is 1. The normalized spacial score (nSPS) is 10.7. The standard InChI is InChI=1S/C11H12BrF2NO3/c1-2-18-9(17)4-7-6(5-12)3-8(16)10(15-7)11(13)14/h3,11,16H,2,4-5H2,1H3. The van der Waals surface area contributed by atoms with E-state index in [2.05, 4.69) is 20.9 Å². The summed E-state index contributed by atoms with van der Waals surface area (Å²) in [6.07, 6.45) is -3.09. The number of esters is 1. The molecule has 0 fully saturated rings. The predicted molar refractivity (Wildman–Crippen MR) is 63.8 cm³/mol. The molecule has 4 nitrogen and oxygen atoms in total. The Hall–Kier alpha value is -1.24. The molecule has 0 aliphatic heterocycles. The van der Waals surface area contributed by atoms with Crippen LogP contribution in [-0.2, 0) is 21.3 Å². The Morgan fingerprint density at radius 2 is 2.28 bits per heavy atom. The van der Waals surface area contributed by atoms with E-state index in [9.17, 15) is 18.7 Å². The molecule has 1 rings (SSSR count). The van der Waals surface area contributed by atoms with Crippen molar-refractivity contribution in [2.24, 2.45) is 0 Å². The highest BCUT2D eigenvalue weighted by Crippen LogP contribution is 2.29. The van der Waals surface area contributed by atoms with E-state index in [1.165, 1.54) is 6.07 Å². The number of halogens is 3. The summed E-state index contributed by atoms with van der Waals surface area (Å²) in [6.45, 7) is 1.86. The van der Waals surface area contributed by atoms with Gasteiger partial charge in [-0.15, -0.1) is 0 Å². The van der Waals surface area contributed by atoms with Crippen molar-refractivity contribution in [2.75, 3.05) is 6.61 Å². The molecule has 1 N–H and O–H groups in total. The summed E-state index contributed by atoms with van der Waals surface area (Å²) >= 11 is 3.14. The van der Waals surface area contributed by atoms with E-state index in [-0.39, 0.29) is 18.7 Å². The molecule has 0 amide bonds.